The Morgan fingerprint density at radius 2 is 1.88 bits per heavy atom. The lowest BCUT2D eigenvalue weighted by atomic mass is 10.1. The van der Waals surface area contributed by atoms with Gasteiger partial charge in [-0.05, 0) is 41.1 Å². The van der Waals surface area contributed by atoms with Crippen molar-refractivity contribution in [2.24, 2.45) is 10.7 Å². The molecule has 2 N–H and O–H groups in total. The predicted molar refractivity (Wildman–Crippen MR) is 99.0 cm³/mol. The zero-order valence-corrected chi connectivity index (χ0v) is 13.5. The summed E-state index contributed by atoms with van der Waals surface area (Å²) in [4.78, 5) is 8.81. The summed E-state index contributed by atoms with van der Waals surface area (Å²) in [6, 6.07) is 19.9. The SMILES string of the molecule is NC(CCl)=Nc1ccc2oc(-c3ccc4ccccc4c3)nc2c1. The Balaban J connectivity index is 1.78. The lowest BCUT2D eigenvalue weighted by molar-refractivity contribution is 0.620. The molecule has 0 saturated carbocycles. The van der Waals surface area contributed by atoms with E-state index in [1.807, 2.05) is 36.4 Å². The number of amidine groups is 1. The van der Waals surface area contributed by atoms with Crippen molar-refractivity contribution in [3.05, 3.63) is 60.7 Å². The molecule has 118 valence electrons. The highest BCUT2D eigenvalue weighted by Gasteiger charge is 2.09. The van der Waals surface area contributed by atoms with Crippen LogP contribution in [0.25, 0.3) is 33.3 Å². The van der Waals surface area contributed by atoms with Crippen LogP contribution in [0.15, 0.2) is 70.1 Å². The van der Waals surface area contributed by atoms with Gasteiger partial charge in [-0.2, -0.15) is 0 Å². The maximum absolute atomic E-state index is 5.87. The quantitative estimate of drug-likeness (QED) is 0.330. The zero-order chi connectivity index (χ0) is 16.5. The van der Waals surface area contributed by atoms with Crippen molar-refractivity contribution in [2.75, 3.05) is 5.88 Å². The number of halogens is 1. The van der Waals surface area contributed by atoms with E-state index in [1.165, 1.54) is 5.39 Å². The molecule has 0 saturated heterocycles. The molecule has 1 aromatic heterocycles. The second kappa shape index (κ2) is 5.98. The van der Waals surface area contributed by atoms with Crippen molar-refractivity contribution < 1.29 is 4.42 Å². The van der Waals surface area contributed by atoms with Gasteiger partial charge in [-0.3, -0.25) is 0 Å². The Labute approximate surface area is 143 Å². The van der Waals surface area contributed by atoms with Gasteiger partial charge < -0.3 is 10.2 Å². The average Bonchev–Trinajstić information content (AvgIpc) is 3.04. The van der Waals surface area contributed by atoms with Crippen molar-refractivity contribution in [1.29, 1.82) is 0 Å². The highest BCUT2D eigenvalue weighted by Crippen LogP contribution is 2.29. The van der Waals surface area contributed by atoms with Crippen molar-refractivity contribution in [2.45, 2.75) is 0 Å². The Bertz CT molecular complexity index is 1070. The normalized spacial score (nSPS) is 12.1. The molecule has 0 spiro atoms. The monoisotopic (exact) mass is 335 g/mol. The first-order valence-electron chi connectivity index (χ1n) is 7.52. The largest absolute Gasteiger partial charge is 0.436 e. The highest BCUT2D eigenvalue weighted by atomic mass is 35.5. The Kier molecular flexibility index (Phi) is 3.67. The molecule has 0 fully saturated rings. The zero-order valence-electron chi connectivity index (χ0n) is 12.7. The second-order valence-electron chi connectivity index (χ2n) is 5.47. The minimum atomic E-state index is 0.194. The first-order valence-corrected chi connectivity index (χ1v) is 8.05. The molecule has 0 amide bonds. The first kappa shape index (κ1) is 14.7. The maximum Gasteiger partial charge on any atom is 0.227 e. The molecule has 0 unspecified atom stereocenters. The number of hydrogen-bond acceptors (Lipinski definition) is 3. The van der Waals surface area contributed by atoms with Crippen LogP contribution in [0.4, 0.5) is 5.69 Å². The number of fused-ring (bicyclic) bond motifs is 2. The van der Waals surface area contributed by atoms with E-state index in [9.17, 15) is 0 Å². The molecular formula is C19H14ClN3O. The number of aliphatic imine (C=N–C) groups is 1. The fourth-order valence-electron chi connectivity index (χ4n) is 2.63. The van der Waals surface area contributed by atoms with Gasteiger partial charge in [0.05, 0.1) is 11.6 Å². The van der Waals surface area contributed by atoms with E-state index in [0.717, 1.165) is 16.5 Å². The number of oxazole rings is 1. The fourth-order valence-corrected chi connectivity index (χ4v) is 2.69. The summed E-state index contributed by atoms with van der Waals surface area (Å²) >= 11 is 5.66. The van der Waals surface area contributed by atoms with Gasteiger partial charge in [0, 0.05) is 5.56 Å². The van der Waals surface area contributed by atoms with E-state index < -0.39 is 0 Å². The van der Waals surface area contributed by atoms with E-state index >= 15 is 0 Å². The fraction of sp³-hybridized carbons (Fsp3) is 0.0526. The smallest absolute Gasteiger partial charge is 0.227 e. The van der Waals surface area contributed by atoms with Crippen LogP contribution in [0.2, 0.25) is 0 Å². The number of nitrogens with zero attached hydrogens (tertiary/aromatic N) is 2. The molecule has 0 aliphatic carbocycles. The molecule has 0 atom stereocenters. The third-order valence-electron chi connectivity index (χ3n) is 3.78. The van der Waals surface area contributed by atoms with Gasteiger partial charge in [-0.15, -0.1) is 11.6 Å². The van der Waals surface area contributed by atoms with Crippen molar-refractivity contribution in [3.63, 3.8) is 0 Å². The third-order valence-corrected chi connectivity index (χ3v) is 4.05. The van der Waals surface area contributed by atoms with Gasteiger partial charge >= 0.3 is 0 Å². The lowest BCUT2D eigenvalue weighted by Gasteiger charge is -1.99. The van der Waals surface area contributed by atoms with Gasteiger partial charge in [-0.25, -0.2) is 9.98 Å². The van der Waals surface area contributed by atoms with Crippen molar-refractivity contribution in [3.8, 4) is 11.5 Å². The number of hydrogen-bond donors (Lipinski definition) is 1. The Morgan fingerprint density at radius 3 is 2.71 bits per heavy atom. The molecule has 4 aromatic rings. The molecule has 4 nitrogen and oxygen atoms in total. The summed E-state index contributed by atoms with van der Waals surface area (Å²) in [6.45, 7) is 0. The third kappa shape index (κ3) is 2.72. The van der Waals surface area contributed by atoms with Gasteiger partial charge in [-0.1, -0.05) is 30.3 Å². The standard InChI is InChI=1S/C19H14ClN3O/c20-11-18(21)22-15-7-8-17-16(10-15)23-19(24-17)14-6-5-12-3-1-2-4-13(12)9-14/h1-10H,11H2,(H2,21,22). The van der Waals surface area contributed by atoms with E-state index in [4.69, 9.17) is 21.8 Å². The van der Waals surface area contributed by atoms with E-state index in [-0.39, 0.29) is 5.88 Å². The maximum atomic E-state index is 5.87. The van der Waals surface area contributed by atoms with Crippen LogP contribution < -0.4 is 5.73 Å². The summed E-state index contributed by atoms with van der Waals surface area (Å²) in [5.74, 6) is 1.15. The molecular weight excluding hydrogens is 322 g/mol. The van der Waals surface area contributed by atoms with Crippen LogP contribution in [0.3, 0.4) is 0 Å². The summed E-state index contributed by atoms with van der Waals surface area (Å²) in [7, 11) is 0. The lowest BCUT2D eigenvalue weighted by Crippen LogP contribution is -2.12. The molecule has 0 radical (unpaired) electrons. The molecule has 1 heterocycles. The number of benzene rings is 3. The van der Waals surface area contributed by atoms with Gasteiger partial charge in [0.15, 0.2) is 5.58 Å². The molecule has 24 heavy (non-hydrogen) atoms. The summed E-state index contributed by atoms with van der Waals surface area (Å²) in [5, 5.41) is 2.34. The van der Waals surface area contributed by atoms with Crippen molar-refractivity contribution >= 4 is 45.0 Å². The van der Waals surface area contributed by atoms with Crippen LogP contribution in [0.1, 0.15) is 0 Å². The van der Waals surface area contributed by atoms with Crippen LogP contribution >= 0.6 is 11.6 Å². The Morgan fingerprint density at radius 1 is 1.04 bits per heavy atom. The number of aromatic nitrogens is 1. The van der Waals surface area contributed by atoms with Gasteiger partial charge in [0.2, 0.25) is 5.89 Å². The van der Waals surface area contributed by atoms with Gasteiger partial charge in [0.1, 0.15) is 11.4 Å². The van der Waals surface area contributed by atoms with E-state index in [0.29, 0.717) is 23.0 Å². The van der Waals surface area contributed by atoms with Crippen LogP contribution in [0.5, 0.6) is 0 Å². The molecule has 0 aliphatic heterocycles. The number of alkyl halides is 1. The minimum absolute atomic E-state index is 0.194. The molecule has 0 aliphatic rings. The minimum Gasteiger partial charge on any atom is -0.436 e. The second-order valence-corrected chi connectivity index (χ2v) is 5.74. The average molecular weight is 336 g/mol. The topological polar surface area (TPSA) is 64.4 Å². The summed E-state index contributed by atoms with van der Waals surface area (Å²) < 4.78 is 5.87. The van der Waals surface area contributed by atoms with E-state index in [2.05, 4.69) is 34.2 Å². The first-order chi connectivity index (χ1) is 11.7. The van der Waals surface area contributed by atoms with Crippen LogP contribution in [-0.4, -0.2) is 16.7 Å². The Hall–Kier alpha value is -2.85. The van der Waals surface area contributed by atoms with E-state index in [1.54, 1.807) is 0 Å². The summed E-state index contributed by atoms with van der Waals surface area (Å²) in [6.07, 6.45) is 0. The highest BCUT2D eigenvalue weighted by molar-refractivity contribution is 6.28. The molecule has 0 bridgehead atoms. The number of nitrogens with two attached hydrogens (primary N) is 1. The molecule has 3 aromatic carbocycles. The number of rotatable bonds is 3. The molecule has 5 heteroatoms. The molecule has 4 rings (SSSR count). The summed E-state index contributed by atoms with van der Waals surface area (Å²) in [5.41, 5.74) is 8.77. The van der Waals surface area contributed by atoms with Crippen LogP contribution in [0, 0.1) is 0 Å². The van der Waals surface area contributed by atoms with Crippen LogP contribution in [-0.2, 0) is 0 Å². The van der Waals surface area contributed by atoms with Crippen molar-refractivity contribution in [1.82, 2.24) is 4.98 Å². The predicted octanol–water partition coefficient (Wildman–Crippen LogP) is 4.88. The van der Waals surface area contributed by atoms with Gasteiger partial charge in [0.25, 0.3) is 0 Å².